The highest BCUT2D eigenvalue weighted by Crippen LogP contribution is 2.25. The van der Waals surface area contributed by atoms with Gasteiger partial charge in [0.2, 0.25) is 9.23 Å². The predicted octanol–water partition coefficient (Wildman–Crippen LogP) is 6.71. The molecule has 4 nitrogen and oxygen atoms in total. The van der Waals surface area contributed by atoms with E-state index in [-0.39, 0.29) is 6.61 Å². The van der Waals surface area contributed by atoms with Gasteiger partial charge in [-0.1, -0.05) is 72.8 Å². The third-order valence-electron chi connectivity index (χ3n) is 4.18. The first-order valence-corrected chi connectivity index (χ1v) is 13.0. The molecule has 0 bridgehead atoms. The number of rotatable bonds is 6. The Bertz CT molecular complexity index is 1030. The van der Waals surface area contributed by atoms with Gasteiger partial charge in [0.05, 0.1) is 12.5 Å². The fraction of sp³-hybridized carbons (Fsp3) is 0.167. The lowest BCUT2D eigenvalue weighted by molar-refractivity contribution is 0.203. The number of ether oxygens (including phenoxy) is 2. The van der Waals surface area contributed by atoms with Gasteiger partial charge in [0.1, 0.15) is 24.7 Å². The number of hydrogen-bond acceptors (Lipinski definition) is 4. The first-order chi connectivity index (χ1) is 15.6. The summed E-state index contributed by atoms with van der Waals surface area (Å²) in [7, 11) is 7.36. The Morgan fingerprint density at radius 2 is 1.09 bits per heavy atom. The average molecular weight is 514 g/mol. The van der Waals surface area contributed by atoms with Crippen LogP contribution in [0.3, 0.4) is 0 Å². The van der Waals surface area contributed by atoms with Crippen LogP contribution in [0.2, 0.25) is 0 Å². The Morgan fingerprint density at radius 3 is 1.53 bits per heavy atom. The Kier molecular flexibility index (Phi) is 12.2. The number of hydrogen-bond donors (Lipinski definition) is 1. The molecule has 0 aliphatic carbocycles. The summed E-state index contributed by atoms with van der Waals surface area (Å²) in [4.78, 5) is 0. The first kappa shape index (κ1) is 26.2. The molecule has 0 spiro atoms. The number of aliphatic hydroxyl groups is 1. The van der Waals surface area contributed by atoms with Crippen molar-refractivity contribution in [3.63, 3.8) is 0 Å². The molecule has 4 aromatic rings. The second-order valence-corrected chi connectivity index (χ2v) is 9.15. The lowest BCUT2D eigenvalue weighted by Crippen LogP contribution is -2.01. The predicted molar refractivity (Wildman–Crippen MR) is 137 cm³/mol. The van der Waals surface area contributed by atoms with Crippen molar-refractivity contribution < 1.29 is 18.8 Å². The molecule has 0 atom stereocenters. The summed E-state index contributed by atoms with van der Waals surface area (Å²) < 4.78 is 20.0. The molecular formula is C24H23Cl3O4S. The second kappa shape index (κ2) is 14.9. The standard InChI is InChI=1S/C12H11ClO.C12H12O2.Cl2OS/c2*13-8-9-14-12-7-3-5-10-4-1-2-6-11(10)12;1-4(2)3/h1-7H,8-9H2;1-7,13H,8-9H2;. The Balaban J connectivity index is 0.000000195. The van der Waals surface area contributed by atoms with Crippen LogP contribution in [0.5, 0.6) is 11.5 Å². The number of fused-ring (bicyclic) bond motifs is 2. The van der Waals surface area contributed by atoms with Crippen LogP contribution < -0.4 is 9.47 Å². The van der Waals surface area contributed by atoms with Crippen molar-refractivity contribution in [1.82, 2.24) is 0 Å². The maximum absolute atomic E-state index is 9.09. The van der Waals surface area contributed by atoms with Crippen molar-refractivity contribution in [3.8, 4) is 11.5 Å². The van der Waals surface area contributed by atoms with Gasteiger partial charge in [-0.15, -0.1) is 11.6 Å². The third kappa shape index (κ3) is 8.85. The van der Waals surface area contributed by atoms with Gasteiger partial charge >= 0.3 is 0 Å². The first-order valence-electron chi connectivity index (χ1n) is 9.69. The molecule has 0 heterocycles. The number of benzene rings is 4. The summed E-state index contributed by atoms with van der Waals surface area (Å²) >= 11 is 5.58. The van der Waals surface area contributed by atoms with Crippen molar-refractivity contribution in [1.29, 1.82) is 0 Å². The van der Waals surface area contributed by atoms with E-state index in [9.17, 15) is 0 Å². The quantitative estimate of drug-likeness (QED) is 0.230. The van der Waals surface area contributed by atoms with Gasteiger partial charge in [0, 0.05) is 32.1 Å². The minimum Gasteiger partial charge on any atom is -0.492 e. The van der Waals surface area contributed by atoms with Gasteiger partial charge in [-0.25, -0.2) is 4.21 Å². The summed E-state index contributed by atoms with van der Waals surface area (Å²) in [6.45, 7) is 0.937. The molecule has 0 amide bonds. The van der Waals surface area contributed by atoms with Crippen molar-refractivity contribution in [2.24, 2.45) is 0 Å². The fourth-order valence-electron chi connectivity index (χ4n) is 2.95. The zero-order chi connectivity index (χ0) is 23.2. The normalized spacial score (nSPS) is 10.2. The molecule has 0 fully saturated rings. The van der Waals surface area contributed by atoms with Crippen molar-refractivity contribution >= 4 is 63.7 Å². The van der Waals surface area contributed by atoms with Crippen LogP contribution in [-0.4, -0.2) is 35.0 Å². The SMILES string of the molecule is ClCCOc1cccc2ccccc12.O=S(Cl)Cl.OCCOc1cccc2ccccc12. The van der Waals surface area contributed by atoms with Crippen LogP contribution in [0.1, 0.15) is 0 Å². The molecule has 170 valence electrons. The van der Waals surface area contributed by atoms with Crippen LogP contribution in [0.25, 0.3) is 21.5 Å². The molecule has 32 heavy (non-hydrogen) atoms. The monoisotopic (exact) mass is 512 g/mol. The molecule has 0 unspecified atom stereocenters. The fourth-order valence-corrected chi connectivity index (χ4v) is 3.02. The largest absolute Gasteiger partial charge is 0.492 e. The number of halogens is 3. The van der Waals surface area contributed by atoms with E-state index < -0.39 is 9.23 Å². The Labute approximate surface area is 204 Å². The van der Waals surface area contributed by atoms with E-state index in [4.69, 9.17) is 30.4 Å². The lowest BCUT2D eigenvalue weighted by Gasteiger charge is -2.07. The van der Waals surface area contributed by atoms with Gasteiger partial charge in [-0.3, -0.25) is 0 Å². The second-order valence-electron chi connectivity index (χ2n) is 6.25. The molecule has 0 aliphatic rings. The maximum Gasteiger partial charge on any atom is 0.211 e. The molecule has 8 heteroatoms. The van der Waals surface area contributed by atoms with E-state index in [0.717, 1.165) is 27.7 Å². The van der Waals surface area contributed by atoms with Crippen LogP contribution in [0.4, 0.5) is 0 Å². The Morgan fingerprint density at radius 1 is 0.688 bits per heavy atom. The summed E-state index contributed by atoms with van der Waals surface area (Å²) in [6, 6.07) is 28.1. The van der Waals surface area contributed by atoms with Crippen LogP contribution in [-0.2, 0) is 9.23 Å². The van der Waals surface area contributed by atoms with Gasteiger partial charge < -0.3 is 14.6 Å². The maximum atomic E-state index is 9.09. The molecule has 1 N–H and O–H groups in total. The van der Waals surface area contributed by atoms with E-state index >= 15 is 0 Å². The summed E-state index contributed by atoms with van der Waals surface area (Å²) in [5.41, 5.74) is 0. The minimum atomic E-state index is -1.67. The highest BCUT2D eigenvalue weighted by atomic mass is 36.0. The molecule has 0 radical (unpaired) electrons. The van der Waals surface area contributed by atoms with Crippen LogP contribution >= 0.6 is 33.0 Å². The molecule has 4 aromatic carbocycles. The highest BCUT2D eigenvalue weighted by Gasteiger charge is 2.00. The van der Waals surface area contributed by atoms with E-state index in [1.54, 1.807) is 0 Å². The zero-order valence-electron chi connectivity index (χ0n) is 17.1. The van der Waals surface area contributed by atoms with E-state index in [2.05, 4.69) is 39.6 Å². The smallest absolute Gasteiger partial charge is 0.211 e. The summed E-state index contributed by atoms with van der Waals surface area (Å²) in [5.74, 6) is 2.25. The molecule has 0 aliphatic heterocycles. The van der Waals surface area contributed by atoms with Crippen molar-refractivity contribution in [3.05, 3.63) is 84.9 Å². The Hall–Kier alpha value is -2.02. The van der Waals surface area contributed by atoms with Gasteiger partial charge in [0.15, 0.2) is 0 Å². The molecule has 4 rings (SSSR count). The number of alkyl halides is 1. The molecule has 0 saturated carbocycles. The zero-order valence-corrected chi connectivity index (χ0v) is 20.2. The highest BCUT2D eigenvalue weighted by molar-refractivity contribution is 8.26. The van der Waals surface area contributed by atoms with Gasteiger partial charge in [-0.05, 0) is 22.9 Å². The van der Waals surface area contributed by atoms with Gasteiger partial charge in [0.25, 0.3) is 0 Å². The number of aliphatic hydroxyl groups excluding tert-OH is 1. The molecular weight excluding hydrogens is 491 g/mol. The molecule has 0 aromatic heterocycles. The van der Waals surface area contributed by atoms with Crippen molar-refractivity contribution in [2.45, 2.75) is 0 Å². The van der Waals surface area contributed by atoms with Gasteiger partial charge in [-0.2, -0.15) is 0 Å². The third-order valence-corrected chi connectivity index (χ3v) is 4.34. The summed E-state index contributed by atoms with van der Waals surface area (Å²) in [5, 5.41) is 13.2. The van der Waals surface area contributed by atoms with Crippen molar-refractivity contribution in [2.75, 3.05) is 25.7 Å². The van der Waals surface area contributed by atoms with Crippen LogP contribution in [0, 0.1) is 0 Å². The minimum absolute atomic E-state index is 0.0449. The van der Waals surface area contributed by atoms with E-state index in [1.165, 1.54) is 5.39 Å². The van der Waals surface area contributed by atoms with Crippen LogP contribution in [0.15, 0.2) is 84.9 Å². The molecule has 0 saturated heterocycles. The summed E-state index contributed by atoms with van der Waals surface area (Å²) in [6.07, 6.45) is 0. The lowest BCUT2D eigenvalue weighted by atomic mass is 10.1. The average Bonchev–Trinajstić information content (AvgIpc) is 2.81. The van der Waals surface area contributed by atoms with E-state index in [0.29, 0.717) is 19.1 Å². The topological polar surface area (TPSA) is 55.8 Å². The van der Waals surface area contributed by atoms with E-state index in [1.807, 2.05) is 66.7 Å².